The van der Waals surface area contributed by atoms with Crippen LogP contribution in [0.4, 0.5) is 0 Å². The summed E-state index contributed by atoms with van der Waals surface area (Å²) in [6.45, 7) is 0.592. The number of ether oxygens (including phenoxy) is 2. The summed E-state index contributed by atoms with van der Waals surface area (Å²) in [6, 6.07) is 0. The predicted octanol–water partition coefficient (Wildman–Crippen LogP) is 1.07. The molecular weight excluding hydrogens is 258 g/mol. The second-order valence-corrected chi connectivity index (χ2v) is 5.59. The van der Waals surface area contributed by atoms with Gasteiger partial charge in [-0.3, -0.25) is 9.59 Å². The third-order valence-electron chi connectivity index (χ3n) is 4.73. The van der Waals surface area contributed by atoms with E-state index in [9.17, 15) is 9.59 Å². The van der Waals surface area contributed by atoms with Crippen LogP contribution in [0, 0.1) is 0 Å². The van der Waals surface area contributed by atoms with E-state index in [0.29, 0.717) is 19.4 Å². The van der Waals surface area contributed by atoms with Crippen molar-refractivity contribution in [1.29, 1.82) is 0 Å². The molecule has 5 heteroatoms. The Balaban J connectivity index is 1.89. The number of hydrogen-bond donors (Lipinski definition) is 0. The highest BCUT2D eigenvalue weighted by atomic mass is 16.5. The van der Waals surface area contributed by atoms with Gasteiger partial charge in [0, 0.05) is 38.1 Å². The number of amides is 1. The molecule has 0 fully saturated rings. The van der Waals surface area contributed by atoms with Crippen LogP contribution in [0.5, 0.6) is 0 Å². The largest absolute Gasteiger partial charge is 0.431 e. The number of rotatable bonds is 1. The molecule has 0 aromatic heterocycles. The number of nitrogens with zero attached hydrogens (tertiary/aromatic N) is 1. The Morgan fingerprint density at radius 3 is 3.10 bits per heavy atom. The molecule has 3 heterocycles. The predicted molar refractivity (Wildman–Crippen MR) is 69.4 cm³/mol. The molecule has 0 unspecified atom stereocenters. The molecule has 0 saturated carbocycles. The Bertz CT molecular complexity index is 615. The molecule has 1 aliphatic carbocycles. The van der Waals surface area contributed by atoms with E-state index in [2.05, 4.69) is 0 Å². The average molecular weight is 273 g/mol. The quantitative estimate of drug-likeness (QED) is 0.671. The maximum Gasteiger partial charge on any atom is 0.315 e. The summed E-state index contributed by atoms with van der Waals surface area (Å²) < 4.78 is 10.8. The van der Waals surface area contributed by atoms with E-state index >= 15 is 0 Å². The molecular formula is C15H15NO4. The summed E-state index contributed by atoms with van der Waals surface area (Å²) >= 11 is 0. The average Bonchev–Trinajstić information content (AvgIpc) is 2.95. The minimum absolute atomic E-state index is 0.0207. The lowest BCUT2D eigenvalue weighted by Crippen LogP contribution is -2.55. The van der Waals surface area contributed by atoms with Gasteiger partial charge in [0.05, 0.1) is 18.1 Å². The number of hydrogen-bond acceptors (Lipinski definition) is 4. The van der Waals surface area contributed by atoms with Crippen molar-refractivity contribution < 1.29 is 19.1 Å². The van der Waals surface area contributed by atoms with Gasteiger partial charge in [0.2, 0.25) is 5.91 Å². The van der Waals surface area contributed by atoms with Gasteiger partial charge in [-0.15, -0.1) is 0 Å². The summed E-state index contributed by atoms with van der Waals surface area (Å²) in [5, 5.41) is 0. The van der Waals surface area contributed by atoms with Crippen molar-refractivity contribution in [2.45, 2.75) is 30.9 Å². The van der Waals surface area contributed by atoms with Gasteiger partial charge >= 0.3 is 5.97 Å². The van der Waals surface area contributed by atoms with Crippen molar-refractivity contribution in [3.05, 3.63) is 35.1 Å². The molecule has 2 atom stereocenters. The van der Waals surface area contributed by atoms with Gasteiger partial charge in [-0.2, -0.15) is 0 Å². The first kappa shape index (κ1) is 11.9. The molecule has 0 aromatic rings. The first-order chi connectivity index (χ1) is 9.65. The van der Waals surface area contributed by atoms with Gasteiger partial charge in [0.25, 0.3) is 0 Å². The zero-order valence-corrected chi connectivity index (χ0v) is 11.2. The van der Waals surface area contributed by atoms with Crippen LogP contribution in [0.2, 0.25) is 0 Å². The Morgan fingerprint density at radius 2 is 2.30 bits per heavy atom. The maximum absolute atomic E-state index is 12.3. The third kappa shape index (κ3) is 1.31. The topological polar surface area (TPSA) is 55.8 Å². The van der Waals surface area contributed by atoms with Crippen LogP contribution >= 0.6 is 0 Å². The van der Waals surface area contributed by atoms with E-state index in [4.69, 9.17) is 9.47 Å². The molecule has 20 heavy (non-hydrogen) atoms. The molecule has 0 N–H and O–H groups in total. The lowest BCUT2D eigenvalue weighted by atomic mass is 9.72. The lowest BCUT2D eigenvalue weighted by molar-refractivity contribution is -0.136. The van der Waals surface area contributed by atoms with Gasteiger partial charge in [0.15, 0.2) is 0 Å². The van der Waals surface area contributed by atoms with E-state index in [-0.39, 0.29) is 24.4 Å². The summed E-state index contributed by atoms with van der Waals surface area (Å²) in [5.74, 6) is 0.567. The molecule has 3 aliphatic heterocycles. The van der Waals surface area contributed by atoms with E-state index in [0.717, 1.165) is 16.9 Å². The summed E-state index contributed by atoms with van der Waals surface area (Å²) in [5.41, 5.74) is 1.39. The highest BCUT2D eigenvalue weighted by Gasteiger charge is 2.56. The van der Waals surface area contributed by atoms with E-state index in [1.165, 1.54) is 0 Å². The monoisotopic (exact) mass is 273 g/mol. The lowest BCUT2D eigenvalue weighted by Gasteiger charge is -2.47. The van der Waals surface area contributed by atoms with Gasteiger partial charge in [-0.25, -0.2) is 0 Å². The molecule has 1 spiro atoms. The fraction of sp³-hybridized carbons (Fsp3) is 0.467. The molecule has 1 amide bonds. The van der Waals surface area contributed by atoms with Crippen molar-refractivity contribution in [2.75, 3.05) is 13.7 Å². The SMILES string of the molecule is CO[C@@H]1C=CC2=CC(=O)N3CCC4=C(CC(=O)O4)[C@]23C1. The molecule has 104 valence electrons. The van der Waals surface area contributed by atoms with Crippen LogP contribution in [-0.2, 0) is 19.1 Å². The Labute approximate surface area is 116 Å². The van der Waals surface area contributed by atoms with Gasteiger partial charge in [0.1, 0.15) is 5.76 Å². The van der Waals surface area contributed by atoms with Crippen LogP contribution in [0.25, 0.3) is 0 Å². The number of carbonyl (C=O) groups is 2. The van der Waals surface area contributed by atoms with Crippen molar-refractivity contribution in [3.63, 3.8) is 0 Å². The van der Waals surface area contributed by atoms with Crippen LogP contribution < -0.4 is 0 Å². The summed E-state index contributed by atoms with van der Waals surface area (Å²) in [4.78, 5) is 25.8. The molecule has 4 rings (SSSR count). The molecule has 0 aromatic carbocycles. The minimum Gasteiger partial charge on any atom is -0.431 e. The second kappa shape index (κ2) is 3.82. The van der Waals surface area contributed by atoms with E-state index < -0.39 is 5.54 Å². The maximum atomic E-state index is 12.3. The van der Waals surface area contributed by atoms with Gasteiger partial charge < -0.3 is 14.4 Å². The second-order valence-electron chi connectivity index (χ2n) is 5.59. The summed E-state index contributed by atoms with van der Waals surface area (Å²) in [6.07, 6.45) is 7.11. The smallest absolute Gasteiger partial charge is 0.315 e. The Hall–Kier alpha value is -1.88. The van der Waals surface area contributed by atoms with Crippen LogP contribution in [-0.4, -0.2) is 42.1 Å². The molecule has 0 radical (unpaired) electrons. The zero-order chi connectivity index (χ0) is 13.9. The van der Waals surface area contributed by atoms with Crippen molar-refractivity contribution in [3.8, 4) is 0 Å². The molecule has 5 nitrogen and oxygen atoms in total. The van der Waals surface area contributed by atoms with E-state index in [1.807, 2.05) is 17.1 Å². The van der Waals surface area contributed by atoms with Crippen LogP contribution in [0.3, 0.4) is 0 Å². The van der Waals surface area contributed by atoms with Crippen molar-refractivity contribution in [1.82, 2.24) is 4.90 Å². The van der Waals surface area contributed by atoms with Gasteiger partial charge in [-0.1, -0.05) is 12.2 Å². The molecule has 0 bridgehead atoms. The standard InChI is InChI=1S/C15H15NO4/c1-19-10-3-2-9-6-13(17)16-5-4-12-11(7-14(18)20-12)15(9,16)8-10/h2-3,6,10H,4-5,7-8H2,1H3/t10-,15+/m1/s1. The fourth-order valence-corrected chi connectivity index (χ4v) is 3.85. The van der Waals surface area contributed by atoms with Crippen molar-refractivity contribution in [2.24, 2.45) is 0 Å². The first-order valence-electron chi connectivity index (χ1n) is 6.83. The number of methoxy groups -OCH3 is 1. The number of esters is 1. The third-order valence-corrected chi connectivity index (χ3v) is 4.73. The Morgan fingerprint density at radius 1 is 1.45 bits per heavy atom. The van der Waals surface area contributed by atoms with Crippen LogP contribution in [0.15, 0.2) is 35.1 Å². The molecule has 4 aliphatic rings. The Kier molecular flexibility index (Phi) is 2.27. The van der Waals surface area contributed by atoms with Crippen molar-refractivity contribution >= 4 is 11.9 Å². The van der Waals surface area contributed by atoms with Gasteiger partial charge in [-0.05, 0) is 5.57 Å². The zero-order valence-electron chi connectivity index (χ0n) is 11.2. The van der Waals surface area contributed by atoms with E-state index in [1.54, 1.807) is 13.2 Å². The fourth-order valence-electron chi connectivity index (χ4n) is 3.85. The van der Waals surface area contributed by atoms with Crippen LogP contribution in [0.1, 0.15) is 19.3 Å². The minimum atomic E-state index is -0.522. The highest BCUT2D eigenvalue weighted by Crippen LogP contribution is 2.51. The normalized spacial score (nSPS) is 34.8. The number of carbonyl (C=O) groups excluding carboxylic acids is 2. The highest BCUT2D eigenvalue weighted by molar-refractivity contribution is 5.96. The molecule has 0 saturated heterocycles. The summed E-state index contributed by atoms with van der Waals surface area (Å²) in [7, 11) is 1.66. The first-order valence-corrected chi connectivity index (χ1v) is 6.83.